The molecule has 2 amide bonds. The Balaban J connectivity index is 2.68. The summed E-state index contributed by atoms with van der Waals surface area (Å²) in [4.78, 5) is 50.5. The van der Waals surface area contributed by atoms with Gasteiger partial charge in [0.15, 0.2) is 6.29 Å². The fourth-order valence-corrected chi connectivity index (χ4v) is 2.57. The van der Waals surface area contributed by atoms with Crippen LogP contribution in [0.2, 0.25) is 0 Å². The van der Waals surface area contributed by atoms with Gasteiger partial charge in [0, 0.05) is 51.4 Å². The lowest BCUT2D eigenvalue weighted by Gasteiger charge is -2.42. The third-order valence-electron chi connectivity index (χ3n) is 4.22. The minimum Gasteiger partial charge on any atom is -0.460 e. The molecule has 1 aliphatic heterocycles. The van der Waals surface area contributed by atoms with Crippen LogP contribution in [0.4, 0.5) is 0 Å². The zero-order chi connectivity index (χ0) is 22.7. The molecular formula is C18H27N3O9. The van der Waals surface area contributed by atoms with Crippen molar-refractivity contribution in [3.63, 3.8) is 0 Å². The SMILES string of the molecule is CNOC(=O)/C=C/C(=O)NC1C(OC)OC(COC(=O)/C=C/C(=O)NC)C(C)C1O. The maximum atomic E-state index is 12.0. The van der Waals surface area contributed by atoms with Gasteiger partial charge in [-0.25, -0.2) is 9.59 Å². The van der Waals surface area contributed by atoms with Gasteiger partial charge in [0.2, 0.25) is 11.8 Å². The van der Waals surface area contributed by atoms with E-state index in [1.807, 2.05) is 0 Å². The number of hydrogen-bond acceptors (Lipinski definition) is 10. The minimum atomic E-state index is -1.10. The first kappa shape index (κ1) is 25.2. The maximum Gasteiger partial charge on any atom is 0.349 e. The number of aliphatic hydroxyl groups is 1. The van der Waals surface area contributed by atoms with Crippen LogP contribution in [-0.2, 0) is 38.2 Å². The predicted molar refractivity (Wildman–Crippen MR) is 101 cm³/mol. The molecule has 1 aliphatic rings. The average Bonchev–Trinajstić information content (AvgIpc) is 2.73. The van der Waals surface area contributed by atoms with Crippen LogP contribution in [0.15, 0.2) is 24.3 Å². The molecule has 4 N–H and O–H groups in total. The van der Waals surface area contributed by atoms with Crippen molar-refractivity contribution in [2.45, 2.75) is 31.5 Å². The molecule has 12 heteroatoms. The van der Waals surface area contributed by atoms with E-state index in [1.165, 1.54) is 21.2 Å². The van der Waals surface area contributed by atoms with Crippen molar-refractivity contribution in [1.29, 1.82) is 0 Å². The summed E-state index contributed by atoms with van der Waals surface area (Å²) >= 11 is 0. The number of hydrogen-bond donors (Lipinski definition) is 4. The van der Waals surface area contributed by atoms with Gasteiger partial charge in [-0.3, -0.25) is 9.59 Å². The Hall–Kier alpha value is -2.80. The Bertz CT molecular complexity index is 678. The average molecular weight is 429 g/mol. The third kappa shape index (κ3) is 7.91. The van der Waals surface area contributed by atoms with E-state index in [2.05, 4.69) is 21.0 Å². The predicted octanol–water partition coefficient (Wildman–Crippen LogP) is -2.08. The van der Waals surface area contributed by atoms with Crippen LogP contribution >= 0.6 is 0 Å². The molecule has 0 aromatic heterocycles. The minimum absolute atomic E-state index is 0.203. The summed E-state index contributed by atoms with van der Waals surface area (Å²) in [6.07, 6.45) is 0.962. The monoisotopic (exact) mass is 429 g/mol. The molecule has 0 bridgehead atoms. The molecule has 5 unspecified atom stereocenters. The molecule has 168 valence electrons. The van der Waals surface area contributed by atoms with Crippen LogP contribution in [0.5, 0.6) is 0 Å². The smallest absolute Gasteiger partial charge is 0.349 e. The van der Waals surface area contributed by atoms with Crippen LogP contribution < -0.4 is 16.1 Å². The quantitative estimate of drug-likeness (QED) is 0.182. The number of esters is 1. The standard InChI is InChI=1S/C18H27N3O9/c1-10-11(9-28-14(24)7-5-12(22)19-2)29-18(27-4)16(17(10)26)21-13(23)6-8-15(25)30-20-3/h5-8,10-11,16-18,20,26H,9H2,1-4H3,(H,19,22)(H,21,23)/b7-5+,8-6+. The Morgan fingerprint density at radius 3 is 2.27 bits per heavy atom. The Morgan fingerprint density at radius 2 is 1.67 bits per heavy atom. The van der Waals surface area contributed by atoms with E-state index in [9.17, 15) is 24.3 Å². The molecule has 0 aliphatic carbocycles. The number of carbonyl (C=O) groups excluding carboxylic acids is 4. The van der Waals surface area contributed by atoms with Crippen molar-refractivity contribution < 1.29 is 43.3 Å². The summed E-state index contributed by atoms with van der Waals surface area (Å²) in [5, 5.41) is 15.4. The lowest BCUT2D eigenvalue weighted by molar-refractivity contribution is -0.247. The molecule has 12 nitrogen and oxygen atoms in total. The van der Waals surface area contributed by atoms with E-state index < -0.39 is 54.2 Å². The van der Waals surface area contributed by atoms with Crippen molar-refractivity contribution >= 4 is 23.8 Å². The van der Waals surface area contributed by atoms with E-state index in [-0.39, 0.29) is 6.61 Å². The summed E-state index contributed by atoms with van der Waals surface area (Å²) in [6, 6.07) is -0.942. The van der Waals surface area contributed by atoms with E-state index in [1.54, 1.807) is 6.92 Å². The number of methoxy groups -OCH3 is 1. The summed E-state index contributed by atoms with van der Waals surface area (Å²) < 4.78 is 15.9. The number of nitrogens with one attached hydrogen (secondary N) is 3. The molecule has 0 saturated carbocycles. The first-order valence-corrected chi connectivity index (χ1v) is 9.02. The molecular weight excluding hydrogens is 402 g/mol. The number of likely N-dealkylation sites (N-methyl/N-ethyl adjacent to an activating group) is 1. The maximum absolute atomic E-state index is 12.0. The normalized spacial score (nSPS) is 26.4. The highest BCUT2D eigenvalue weighted by Gasteiger charge is 2.44. The van der Waals surface area contributed by atoms with Gasteiger partial charge in [-0.2, -0.15) is 5.48 Å². The lowest BCUT2D eigenvalue weighted by Crippen LogP contribution is -2.61. The molecule has 1 heterocycles. The number of amides is 2. The summed E-state index contributed by atoms with van der Waals surface area (Å²) in [6.45, 7) is 1.44. The second-order valence-corrected chi connectivity index (χ2v) is 6.20. The van der Waals surface area contributed by atoms with Crippen LogP contribution in [0.1, 0.15) is 6.92 Å². The summed E-state index contributed by atoms with van der Waals surface area (Å²) in [5.41, 5.74) is 2.17. The van der Waals surface area contributed by atoms with Crippen molar-refractivity contribution in [1.82, 2.24) is 16.1 Å². The Morgan fingerprint density at radius 1 is 1.03 bits per heavy atom. The number of aliphatic hydroxyl groups excluding tert-OH is 1. The number of ether oxygens (including phenoxy) is 3. The van der Waals surface area contributed by atoms with E-state index in [0.717, 1.165) is 24.3 Å². The molecule has 1 rings (SSSR count). The first-order chi connectivity index (χ1) is 14.2. The summed E-state index contributed by atoms with van der Waals surface area (Å²) in [7, 11) is 4.13. The van der Waals surface area contributed by atoms with Crippen LogP contribution in [0.25, 0.3) is 0 Å². The van der Waals surface area contributed by atoms with Gasteiger partial charge in [-0.1, -0.05) is 6.92 Å². The van der Waals surface area contributed by atoms with Gasteiger partial charge in [0.25, 0.3) is 0 Å². The van der Waals surface area contributed by atoms with Gasteiger partial charge in [0.05, 0.1) is 12.2 Å². The molecule has 1 fully saturated rings. The zero-order valence-corrected chi connectivity index (χ0v) is 17.1. The highest BCUT2D eigenvalue weighted by atomic mass is 16.7. The molecule has 30 heavy (non-hydrogen) atoms. The van der Waals surface area contributed by atoms with Crippen LogP contribution in [0.3, 0.4) is 0 Å². The van der Waals surface area contributed by atoms with Gasteiger partial charge in [-0.15, -0.1) is 0 Å². The van der Waals surface area contributed by atoms with Crippen LogP contribution in [0, 0.1) is 5.92 Å². The van der Waals surface area contributed by atoms with Gasteiger partial charge < -0.3 is 34.8 Å². The number of rotatable bonds is 9. The second-order valence-electron chi connectivity index (χ2n) is 6.20. The lowest BCUT2D eigenvalue weighted by atomic mass is 9.89. The molecule has 0 radical (unpaired) electrons. The molecule has 1 saturated heterocycles. The zero-order valence-electron chi connectivity index (χ0n) is 17.1. The number of carbonyl (C=O) groups is 4. The highest BCUT2D eigenvalue weighted by molar-refractivity contribution is 5.95. The Labute approximate surface area is 173 Å². The first-order valence-electron chi connectivity index (χ1n) is 9.02. The van der Waals surface area contributed by atoms with Gasteiger partial charge in [-0.05, 0) is 0 Å². The van der Waals surface area contributed by atoms with Gasteiger partial charge >= 0.3 is 11.9 Å². The molecule has 0 aromatic rings. The van der Waals surface area contributed by atoms with Crippen molar-refractivity contribution in [2.24, 2.45) is 5.92 Å². The largest absolute Gasteiger partial charge is 0.460 e. The number of hydroxylamine groups is 1. The third-order valence-corrected chi connectivity index (χ3v) is 4.22. The topological polar surface area (TPSA) is 162 Å². The van der Waals surface area contributed by atoms with Crippen molar-refractivity contribution in [2.75, 3.05) is 27.8 Å². The summed E-state index contributed by atoms with van der Waals surface area (Å²) in [5.74, 6) is -3.22. The van der Waals surface area contributed by atoms with Gasteiger partial charge in [0.1, 0.15) is 12.6 Å². The molecule has 5 atom stereocenters. The second kappa shape index (κ2) is 12.7. The van der Waals surface area contributed by atoms with E-state index >= 15 is 0 Å². The fourth-order valence-electron chi connectivity index (χ4n) is 2.57. The highest BCUT2D eigenvalue weighted by Crippen LogP contribution is 2.26. The van der Waals surface area contributed by atoms with Crippen LogP contribution in [-0.4, -0.2) is 81.2 Å². The molecule has 0 spiro atoms. The van der Waals surface area contributed by atoms with E-state index in [4.69, 9.17) is 14.2 Å². The Kier molecular flexibility index (Phi) is 10.7. The molecule has 0 aromatic carbocycles. The van der Waals surface area contributed by atoms with E-state index in [0.29, 0.717) is 0 Å². The van der Waals surface area contributed by atoms with Crippen molar-refractivity contribution in [3.8, 4) is 0 Å². The van der Waals surface area contributed by atoms with Crippen molar-refractivity contribution in [3.05, 3.63) is 24.3 Å². The fraction of sp³-hybridized carbons (Fsp3) is 0.556.